The van der Waals surface area contributed by atoms with Gasteiger partial charge in [0.25, 0.3) is 0 Å². The van der Waals surface area contributed by atoms with Crippen molar-refractivity contribution in [2.24, 2.45) is 0 Å². The number of hydrogen-bond acceptors (Lipinski definition) is 6. The molecule has 4 rings (SSSR count). The van der Waals surface area contributed by atoms with E-state index in [2.05, 4.69) is 25.5 Å². The van der Waals surface area contributed by atoms with E-state index >= 15 is 0 Å². The molecule has 0 spiro atoms. The number of carbonyl (C=O) groups excluding carboxylic acids is 1. The summed E-state index contributed by atoms with van der Waals surface area (Å²) < 4.78 is 11.0. The second-order valence-corrected chi connectivity index (χ2v) is 6.29. The highest BCUT2D eigenvalue weighted by Gasteiger charge is 2.23. The van der Waals surface area contributed by atoms with Gasteiger partial charge in [0.1, 0.15) is 13.2 Å². The highest BCUT2D eigenvalue weighted by atomic mass is 16.6. The number of nitrogens with one attached hydrogen (secondary N) is 2. The van der Waals surface area contributed by atoms with Gasteiger partial charge in [0, 0.05) is 43.3 Å². The molecule has 2 amide bonds. The monoisotopic (exact) mass is 355 g/mol. The normalized spacial score (nSPS) is 18.9. The topological polar surface area (TPSA) is 88.6 Å². The van der Waals surface area contributed by atoms with Gasteiger partial charge in [-0.15, -0.1) is 0 Å². The summed E-state index contributed by atoms with van der Waals surface area (Å²) in [5, 5.41) is 5.89. The maximum Gasteiger partial charge on any atom is 0.319 e. The molecule has 1 fully saturated rings. The Hall–Kier alpha value is -3.03. The molecule has 26 heavy (non-hydrogen) atoms. The second kappa shape index (κ2) is 7.47. The van der Waals surface area contributed by atoms with E-state index < -0.39 is 0 Å². The number of benzene rings is 1. The molecule has 2 N–H and O–H groups in total. The molecule has 1 aromatic carbocycles. The van der Waals surface area contributed by atoms with E-state index in [0.717, 1.165) is 19.4 Å². The molecule has 8 heteroatoms. The van der Waals surface area contributed by atoms with E-state index in [9.17, 15) is 4.79 Å². The number of anilines is 2. The number of hydrogen-bond donors (Lipinski definition) is 2. The fourth-order valence-corrected chi connectivity index (χ4v) is 3.20. The first-order valence-electron chi connectivity index (χ1n) is 8.77. The lowest BCUT2D eigenvalue weighted by Gasteiger charge is -2.33. The van der Waals surface area contributed by atoms with Gasteiger partial charge in [-0.25, -0.2) is 14.8 Å². The van der Waals surface area contributed by atoms with Crippen LogP contribution in [0.25, 0.3) is 0 Å². The van der Waals surface area contributed by atoms with Gasteiger partial charge in [0.2, 0.25) is 5.95 Å². The first-order chi connectivity index (χ1) is 12.8. The third-order valence-electron chi connectivity index (χ3n) is 4.39. The van der Waals surface area contributed by atoms with Crippen LogP contribution in [0.3, 0.4) is 0 Å². The predicted molar refractivity (Wildman–Crippen MR) is 96.9 cm³/mol. The van der Waals surface area contributed by atoms with E-state index in [-0.39, 0.29) is 12.1 Å². The van der Waals surface area contributed by atoms with Gasteiger partial charge in [0.05, 0.1) is 0 Å². The zero-order valence-electron chi connectivity index (χ0n) is 14.4. The van der Waals surface area contributed by atoms with Gasteiger partial charge in [-0.05, 0) is 31.0 Å². The van der Waals surface area contributed by atoms with Crippen molar-refractivity contribution < 1.29 is 14.3 Å². The molecule has 0 bridgehead atoms. The summed E-state index contributed by atoms with van der Waals surface area (Å²) in [6, 6.07) is 6.99. The Morgan fingerprint density at radius 3 is 2.81 bits per heavy atom. The van der Waals surface area contributed by atoms with Gasteiger partial charge in [-0.3, -0.25) is 0 Å². The Morgan fingerprint density at radius 1 is 1.15 bits per heavy atom. The highest BCUT2D eigenvalue weighted by molar-refractivity contribution is 5.90. The van der Waals surface area contributed by atoms with Crippen LogP contribution in [0.1, 0.15) is 12.8 Å². The van der Waals surface area contributed by atoms with E-state index in [4.69, 9.17) is 9.47 Å². The number of urea groups is 1. The zero-order valence-corrected chi connectivity index (χ0v) is 14.4. The van der Waals surface area contributed by atoms with Crippen LogP contribution in [0.4, 0.5) is 16.4 Å². The average molecular weight is 355 g/mol. The minimum absolute atomic E-state index is 0.0461. The summed E-state index contributed by atoms with van der Waals surface area (Å²) in [5.74, 6) is 2.05. The first-order valence-corrected chi connectivity index (χ1v) is 8.77. The molecule has 1 saturated heterocycles. The Balaban J connectivity index is 1.34. The molecule has 0 radical (unpaired) electrons. The molecule has 0 saturated carbocycles. The highest BCUT2D eigenvalue weighted by Crippen LogP contribution is 2.32. The molecule has 2 aliphatic heterocycles. The van der Waals surface area contributed by atoms with Crippen LogP contribution < -0.4 is 25.0 Å². The number of amides is 2. The molecule has 2 aliphatic rings. The van der Waals surface area contributed by atoms with Crippen LogP contribution in [0.15, 0.2) is 36.7 Å². The molecule has 1 atom stereocenters. The molecular formula is C18H21N5O3. The molecule has 1 unspecified atom stereocenters. The Bertz CT molecular complexity index is 771. The van der Waals surface area contributed by atoms with Crippen LogP contribution >= 0.6 is 0 Å². The minimum Gasteiger partial charge on any atom is -0.486 e. The first kappa shape index (κ1) is 16.4. The summed E-state index contributed by atoms with van der Waals surface area (Å²) in [6.45, 7) is 2.65. The number of piperidine rings is 1. The predicted octanol–water partition coefficient (Wildman–Crippen LogP) is 2.04. The molecule has 0 aliphatic carbocycles. The molecular weight excluding hydrogens is 334 g/mol. The fraction of sp³-hybridized carbons (Fsp3) is 0.389. The molecule has 2 aromatic rings. The lowest BCUT2D eigenvalue weighted by Crippen LogP contribution is -2.49. The number of fused-ring (bicyclic) bond motifs is 1. The van der Waals surface area contributed by atoms with Gasteiger partial charge in [0.15, 0.2) is 11.5 Å². The van der Waals surface area contributed by atoms with Crippen LogP contribution in [-0.2, 0) is 0 Å². The third-order valence-corrected chi connectivity index (χ3v) is 4.39. The van der Waals surface area contributed by atoms with Crippen molar-refractivity contribution >= 4 is 17.7 Å². The second-order valence-electron chi connectivity index (χ2n) is 6.29. The van der Waals surface area contributed by atoms with Crippen molar-refractivity contribution in [3.8, 4) is 11.5 Å². The van der Waals surface area contributed by atoms with Crippen LogP contribution in [0.5, 0.6) is 11.5 Å². The van der Waals surface area contributed by atoms with E-state index in [1.165, 1.54) is 0 Å². The smallest absolute Gasteiger partial charge is 0.319 e. The standard InChI is InChI=1S/C18H21N5O3/c24-18(21-13-4-5-15-16(11-13)26-10-9-25-15)22-14-3-1-8-23(12-14)17-19-6-2-7-20-17/h2,4-7,11,14H,1,3,8-10,12H2,(H2,21,22,24). The van der Waals surface area contributed by atoms with E-state index in [0.29, 0.717) is 42.9 Å². The van der Waals surface area contributed by atoms with E-state index in [1.807, 2.05) is 0 Å². The van der Waals surface area contributed by atoms with Crippen LogP contribution in [0.2, 0.25) is 0 Å². The molecule has 136 valence electrons. The summed E-state index contributed by atoms with van der Waals surface area (Å²) >= 11 is 0. The maximum atomic E-state index is 12.3. The number of rotatable bonds is 3. The fourth-order valence-electron chi connectivity index (χ4n) is 3.20. The molecule has 1 aromatic heterocycles. The van der Waals surface area contributed by atoms with Crippen molar-refractivity contribution in [2.75, 3.05) is 36.5 Å². The lowest BCUT2D eigenvalue weighted by molar-refractivity contribution is 0.171. The van der Waals surface area contributed by atoms with Crippen molar-refractivity contribution in [1.29, 1.82) is 0 Å². The van der Waals surface area contributed by atoms with Gasteiger partial charge < -0.3 is 25.0 Å². The van der Waals surface area contributed by atoms with Crippen molar-refractivity contribution in [2.45, 2.75) is 18.9 Å². The summed E-state index contributed by atoms with van der Waals surface area (Å²) in [7, 11) is 0. The van der Waals surface area contributed by atoms with Crippen molar-refractivity contribution in [3.05, 3.63) is 36.7 Å². The van der Waals surface area contributed by atoms with Crippen molar-refractivity contribution in [1.82, 2.24) is 15.3 Å². The number of carbonyl (C=O) groups is 1. The van der Waals surface area contributed by atoms with Gasteiger partial charge >= 0.3 is 6.03 Å². The summed E-state index contributed by atoms with van der Waals surface area (Å²) in [4.78, 5) is 23.0. The lowest BCUT2D eigenvalue weighted by atomic mass is 10.1. The largest absolute Gasteiger partial charge is 0.486 e. The average Bonchev–Trinajstić information content (AvgIpc) is 2.69. The summed E-state index contributed by atoms with van der Waals surface area (Å²) in [6.07, 6.45) is 5.37. The maximum absolute atomic E-state index is 12.3. The molecule has 8 nitrogen and oxygen atoms in total. The third kappa shape index (κ3) is 3.79. The zero-order chi connectivity index (χ0) is 17.8. The van der Waals surface area contributed by atoms with Crippen molar-refractivity contribution in [3.63, 3.8) is 0 Å². The molecule has 3 heterocycles. The van der Waals surface area contributed by atoms with E-state index in [1.54, 1.807) is 36.7 Å². The van der Waals surface area contributed by atoms with Gasteiger partial charge in [-0.1, -0.05) is 0 Å². The number of aromatic nitrogens is 2. The van der Waals surface area contributed by atoms with Crippen LogP contribution in [0, 0.1) is 0 Å². The van der Waals surface area contributed by atoms with Crippen LogP contribution in [-0.4, -0.2) is 48.3 Å². The van der Waals surface area contributed by atoms with Gasteiger partial charge in [-0.2, -0.15) is 0 Å². The quantitative estimate of drug-likeness (QED) is 0.876. The Morgan fingerprint density at radius 2 is 1.96 bits per heavy atom. The number of nitrogens with zero attached hydrogens (tertiary/aromatic N) is 3. The Kier molecular flexibility index (Phi) is 4.72. The Labute approximate surface area is 151 Å². The summed E-state index contributed by atoms with van der Waals surface area (Å²) in [5.41, 5.74) is 0.672. The minimum atomic E-state index is -0.234. The number of ether oxygens (including phenoxy) is 2. The SMILES string of the molecule is O=C(Nc1ccc2c(c1)OCCO2)NC1CCCN(c2ncccn2)C1.